The largest absolute Gasteiger partial charge is 0.368 e. The van der Waals surface area contributed by atoms with Crippen molar-refractivity contribution < 1.29 is 9.59 Å². The number of nitrogens with one attached hydrogen (secondary N) is 1. The van der Waals surface area contributed by atoms with Crippen molar-refractivity contribution in [2.45, 2.75) is 26.2 Å². The van der Waals surface area contributed by atoms with E-state index in [2.05, 4.69) is 15.3 Å². The van der Waals surface area contributed by atoms with E-state index in [-0.39, 0.29) is 17.8 Å². The lowest BCUT2D eigenvalue weighted by atomic mass is 10.1. The summed E-state index contributed by atoms with van der Waals surface area (Å²) in [6.07, 6.45) is 2.56. The second kappa shape index (κ2) is 8.95. The topological polar surface area (TPSA) is 101 Å². The first-order chi connectivity index (χ1) is 15.0. The third-order valence-electron chi connectivity index (χ3n) is 5.32. The second-order valence-corrected chi connectivity index (χ2v) is 7.75. The van der Waals surface area contributed by atoms with Crippen LogP contribution < -0.4 is 11.1 Å². The van der Waals surface area contributed by atoms with E-state index in [0.717, 1.165) is 42.8 Å². The Hall–Kier alpha value is -3.74. The number of nitrogens with zero attached hydrogens (tertiary/aromatic N) is 3. The van der Waals surface area contributed by atoms with Crippen molar-refractivity contribution >= 4 is 23.5 Å². The van der Waals surface area contributed by atoms with E-state index in [0.29, 0.717) is 23.4 Å². The highest BCUT2D eigenvalue weighted by atomic mass is 16.2. The van der Waals surface area contributed by atoms with Crippen LogP contribution in [0, 0.1) is 6.92 Å². The van der Waals surface area contributed by atoms with Gasteiger partial charge in [-0.3, -0.25) is 9.59 Å². The summed E-state index contributed by atoms with van der Waals surface area (Å²) < 4.78 is 0. The molecule has 0 atom stereocenters. The molecule has 1 aliphatic heterocycles. The molecule has 4 rings (SSSR count). The molecule has 2 aromatic carbocycles. The van der Waals surface area contributed by atoms with Crippen LogP contribution >= 0.6 is 0 Å². The second-order valence-electron chi connectivity index (χ2n) is 7.75. The molecular formula is C24H25N5O2. The Labute approximate surface area is 181 Å². The summed E-state index contributed by atoms with van der Waals surface area (Å²) in [5, 5.41) is 2.90. The normalized spacial score (nSPS) is 13.3. The fourth-order valence-electron chi connectivity index (χ4n) is 3.72. The summed E-state index contributed by atoms with van der Waals surface area (Å²) in [4.78, 5) is 35.3. The molecule has 2 amide bonds. The maximum absolute atomic E-state index is 12.7. The van der Waals surface area contributed by atoms with E-state index < -0.39 is 0 Å². The van der Waals surface area contributed by atoms with Crippen molar-refractivity contribution in [3.63, 3.8) is 0 Å². The first kappa shape index (κ1) is 20.5. The minimum Gasteiger partial charge on any atom is -0.368 e. The van der Waals surface area contributed by atoms with Gasteiger partial charge in [-0.1, -0.05) is 24.3 Å². The number of nitrogens with two attached hydrogens (primary N) is 1. The Morgan fingerprint density at radius 1 is 1.03 bits per heavy atom. The number of carbonyl (C=O) groups excluding carboxylic acids is 2. The van der Waals surface area contributed by atoms with Gasteiger partial charge in [0.05, 0.1) is 12.1 Å². The van der Waals surface area contributed by atoms with E-state index in [1.807, 2.05) is 54.3 Å². The van der Waals surface area contributed by atoms with E-state index in [1.165, 1.54) is 0 Å². The Morgan fingerprint density at radius 2 is 1.77 bits per heavy atom. The third kappa shape index (κ3) is 5.06. The molecule has 0 saturated carbocycles. The van der Waals surface area contributed by atoms with Gasteiger partial charge in [0.2, 0.25) is 11.9 Å². The molecule has 3 aromatic rings. The first-order valence-electron chi connectivity index (χ1n) is 10.4. The van der Waals surface area contributed by atoms with Crippen molar-refractivity contribution in [1.82, 2.24) is 14.9 Å². The lowest BCUT2D eigenvalue weighted by Crippen LogP contribution is -2.29. The number of aromatic nitrogens is 2. The summed E-state index contributed by atoms with van der Waals surface area (Å²) in [5.41, 5.74) is 10.1. The number of hydrogen-bond donors (Lipinski definition) is 2. The molecule has 7 nitrogen and oxygen atoms in total. The monoisotopic (exact) mass is 415 g/mol. The molecule has 31 heavy (non-hydrogen) atoms. The number of rotatable bonds is 5. The van der Waals surface area contributed by atoms with Gasteiger partial charge < -0.3 is 16.0 Å². The van der Waals surface area contributed by atoms with Crippen molar-refractivity contribution in [2.24, 2.45) is 0 Å². The smallest absolute Gasteiger partial charge is 0.255 e. The predicted molar refractivity (Wildman–Crippen MR) is 121 cm³/mol. The quantitative estimate of drug-likeness (QED) is 0.665. The number of anilines is 2. The maximum atomic E-state index is 12.7. The Balaban J connectivity index is 1.43. The Bertz CT molecular complexity index is 1080. The maximum Gasteiger partial charge on any atom is 0.255 e. The van der Waals surface area contributed by atoms with E-state index in [4.69, 9.17) is 5.73 Å². The van der Waals surface area contributed by atoms with E-state index in [9.17, 15) is 9.59 Å². The van der Waals surface area contributed by atoms with Gasteiger partial charge in [-0.2, -0.15) is 0 Å². The lowest BCUT2D eigenvalue weighted by Gasteiger charge is -2.15. The van der Waals surface area contributed by atoms with Gasteiger partial charge in [-0.15, -0.1) is 0 Å². The molecule has 0 bridgehead atoms. The fraction of sp³-hybridized carbons (Fsp3) is 0.250. The van der Waals surface area contributed by atoms with Gasteiger partial charge in [0.15, 0.2) is 0 Å². The SMILES string of the molecule is Cc1cc(-c2cccc(C(=O)Nc3ccc(CC(=O)N4CCCC4)cc3)c2)nc(N)n1. The molecule has 2 heterocycles. The van der Waals surface area contributed by atoms with Crippen LogP contribution in [0.4, 0.5) is 11.6 Å². The first-order valence-corrected chi connectivity index (χ1v) is 10.4. The van der Waals surface area contributed by atoms with Gasteiger partial charge in [0.1, 0.15) is 0 Å². The van der Waals surface area contributed by atoms with Crippen LogP contribution in [0.15, 0.2) is 54.6 Å². The van der Waals surface area contributed by atoms with Gasteiger partial charge in [0, 0.05) is 35.6 Å². The molecule has 0 aliphatic carbocycles. The standard InChI is InChI=1S/C24H25N5O2/c1-16-13-21(28-24(25)26-16)18-5-4-6-19(15-18)23(31)27-20-9-7-17(8-10-20)14-22(30)29-11-2-3-12-29/h4-10,13,15H,2-3,11-12,14H2,1H3,(H,27,31)(H2,25,26,28). The van der Waals surface area contributed by atoms with Crippen LogP contribution in [-0.4, -0.2) is 39.8 Å². The van der Waals surface area contributed by atoms with E-state index in [1.54, 1.807) is 12.1 Å². The summed E-state index contributed by atoms with van der Waals surface area (Å²) >= 11 is 0. The van der Waals surface area contributed by atoms with Gasteiger partial charge in [-0.05, 0) is 55.7 Å². The van der Waals surface area contributed by atoms with Crippen molar-refractivity contribution in [1.29, 1.82) is 0 Å². The van der Waals surface area contributed by atoms with Gasteiger partial charge >= 0.3 is 0 Å². The summed E-state index contributed by atoms with van der Waals surface area (Å²) in [6, 6.07) is 16.5. The molecule has 1 aromatic heterocycles. The number of aryl methyl sites for hydroxylation is 1. The number of benzene rings is 2. The van der Waals surface area contributed by atoms with E-state index >= 15 is 0 Å². The Morgan fingerprint density at radius 3 is 2.48 bits per heavy atom. The molecule has 0 radical (unpaired) electrons. The minimum atomic E-state index is -0.221. The molecule has 1 fully saturated rings. The summed E-state index contributed by atoms with van der Waals surface area (Å²) in [5.74, 6) is 0.140. The van der Waals surface area contributed by atoms with Gasteiger partial charge in [0.25, 0.3) is 5.91 Å². The highest BCUT2D eigenvalue weighted by molar-refractivity contribution is 6.04. The molecule has 7 heteroatoms. The van der Waals surface area contributed by atoms with Gasteiger partial charge in [-0.25, -0.2) is 9.97 Å². The number of likely N-dealkylation sites (tertiary alicyclic amines) is 1. The average molecular weight is 415 g/mol. The third-order valence-corrected chi connectivity index (χ3v) is 5.32. The molecule has 0 spiro atoms. The highest BCUT2D eigenvalue weighted by Crippen LogP contribution is 2.21. The van der Waals surface area contributed by atoms with Crippen LogP contribution in [0.1, 0.15) is 34.5 Å². The van der Waals surface area contributed by atoms with Crippen molar-refractivity contribution in [2.75, 3.05) is 24.1 Å². The fourth-order valence-corrected chi connectivity index (χ4v) is 3.72. The molecule has 0 unspecified atom stereocenters. The van der Waals surface area contributed by atoms with Crippen LogP contribution in [0.2, 0.25) is 0 Å². The van der Waals surface area contributed by atoms with Crippen molar-refractivity contribution in [3.05, 3.63) is 71.4 Å². The van der Waals surface area contributed by atoms with Crippen molar-refractivity contribution in [3.8, 4) is 11.3 Å². The zero-order valence-electron chi connectivity index (χ0n) is 17.5. The number of hydrogen-bond acceptors (Lipinski definition) is 5. The Kier molecular flexibility index (Phi) is 5.93. The summed E-state index contributed by atoms with van der Waals surface area (Å²) in [6.45, 7) is 3.56. The lowest BCUT2D eigenvalue weighted by molar-refractivity contribution is -0.129. The van der Waals surface area contributed by atoms with Crippen LogP contribution in [0.3, 0.4) is 0 Å². The zero-order valence-corrected chi connectivity index (χ0v) is 17.5. The average Bonchev–Trinajstić information content (AvgIpc) is 3.30. The number of nitrogen functional groups attached to an aromatic ring is 1. The summed E-state index contributed by atoms with van der Waals surface area (Å²) in [7, 11) is 0. The predicted octanol–water partition coefficient (Wildman–Crippen LogP) is 3.45. The number of carbonyl (C=O) groups is 2. The molecule has 1 saturated heterocycles. The highest BCUT2D eigenvalue weighted by Gasteiger charge is 2.18. The minimum absolute atomic E-state index is 0.159. The number of amides is 2. The molecule has 1 aliphatic rings. The molecule has 158 valence electrons. The van der Waals surface area contributed by atoms with Crippen LogP contribution in [0.25, 0.3) is 11.3 Å². The van der Waals surface area contributed by atoms with Crippen LogP contribution in [-0.2, 0) is 11.2 Å². The zero-order chi connectivity index (χ0) is 21.8. The molecular weight excluding hydrogens is 390 g/mol. The van der Waals surface area contributed by atoms with Crippen LogP contribution in [0.5, 0.6) is 0 Å². The molecule has 3 N–H and O–H groups in total.